The summed E-state index contributed by atoms with van der Waals surface area (Å²) in [5, 5.41) is 21.7. The third kappa shape index (κ3) is 2.20. The number of carboxylic acid groups (broad SMARTS) is 1. The van der Waals surface area contributed by atoms with Crippen molar-refractivity contribution in [3.8, 4) is 5.75 Å². The minimum absolute atomic E-state index is 0.0748. The zero-order chi connectivity index (χ0) is 11.7. The van der Waals surface area contributed by atoms with Crippen LogP contribution < -0.4 is 5.32 Å². The number of halogens is 1. The minimum Gasteiger partial charge on any atom is -0.508 e. The van der Waals surface area contributed by atoms with Gasteiger partial charge in [0.05, 0.1) is 5.92 Å². The fourth-order valence-electron chi connectivity index (χ4n) is 1.97. The Morgan fingerprint density at radius 2 is 2.25 bits per heavy atom. The monoisotopic (exact) mass is 285 g/mol. The molecule has 1 aromatic rings. The maximum atomic E-state index is 10.8. The van der Waals surface area contributed by atoms with E-state index in [4.69, 9.17) is 5.11 Å². The first-order chi connectivity index (χ1) is 7.58. The third-order valence-corrected chi connectivity index (χ3v) is 3.34. The summed E-state index contributed by atoms with van der Waals surface area (Å²) in [4.78, 5) is 10.8. The Morgan fingerprint density at radius 1 is 1.50 bits per heavy atom. The van der Waals surface area contributed by atoms with E-state index >= 15 is 0 Å². The van der Waals surface area contributed by atoms with E-state index in [1.54, 1.807) is 12.1 Å². The van der Waals surface area contributed by atoms with E-state index in [-0.39, 0.29) is 17.7 Å². The second-order valence-electron chi connectivity index (χ2n) is 3.93. The molecule has 4 nitrogen and oxygen atoms in total. The number of aliphatic carboxylic acids is 1. The number of hydrogen-bond donors (Lipinski definition) is 3. The van der Waals surface area contributed by atoms with Crippen molar-refractivity contribution in [2.75, 3.05) is 6.54 Å². The summed E-state index contributed by atoms with van der Waals surface area (Å²) < 4.78 is 0.807. The van der Waals surface area contributed by atoms with Gasteiger partial charge in [0, 0.05) is 22.6 Å². The molecule has 0 spiro atoms. The molecule has 0 aliphatic carbocycles. The highest BCUT2D eigenvalue weighted by molar-refractivity contribution is 9.10. The van der Waals surface area contributed by atoms with E-state index in [2.05, 4.69) is 21.2 Å². The van der Waals surface area contributed by atoms with Crippen LogP contribution in [0.15, 0.2) is 22.7 Å². The molecular formula is C11H12BrNO3. The Labute approximate surface area is 101 Å². The molecule has 86 valence electrons. The average Bonchev–Trinajstić information content (AvgIpc) is 2.66. The van der Waals surface area contributed by atoms with Crippen molar-refractivity contribution >= 4 is 21.9 Å². The predicted molar refractivity (Wildman–Crippen MR) is 62.3 cm³/mol. The first kappa shape index (κ1) is 11.4. The molecule has 0 bridgehead atoms. The van der Waals surface area contributed by atoms with Crippen LogP contribution in [0.1, 0.15) is 18.0 Å². The number of carbonyl (C=O) groups is 1. The molecule has 5 heteroatoms. The van der Waals surface area contributed by atoms with Crippen LogP contribution in [0.3, 0.4) is 0 Å². The fourth-order valence-corrected chi connectivity index (χ4v) is 2.32. The molecule has 1 aliphatic heterocycles. The molecule has 1 aromatic carbocycles. The summed E-state index contributed by atoms with van der Waals surface area (Å²) >= 11 is 3.27. The third-order valence-electron chi connectivity index (χ3n) is 2.85. The van der Waals surface area contributed by atoms with Gasteiger partial charge >= 0.3 is 5.97 Å². The smallest absolute Gasteiger partial charge is 0.307 e. The van der Waals surface area contributed by atoms with Gasteiger partial charge in [0.2, 0.25) is 0 Å². The quantitative estimate of drug-likeness (QED) is 0.776. The first-order valence-electron chi connectivity index (χ1n) is 5.02. The molecule has 0 saturated carbocycles. The van der Waals surface area contributed by atoms with E-state index in [0.717, 1.165) is 10.0 Å². The van der Waals surface area contributed by atoms with Crippen LogP contribution in [-0.4, -0.2) is 22.7 Å². The Kier molecular flexibility index (Phi) is 3.16. The zero-order valence-corrected chi connectivity index (χ0v) is 10.1. The number of aromatic hydroxyl groups is 1. The fraction of sp³-hybridized carbons (Fsp3) is 0.364. The predicted octanol–water partition coefficient (Wildman–Crippen LogP) is 1.89. The highest BCUT2D eigenvalue weighted by Gasteiger charge is 2.31. The van der Waals surface area contributed by atoms with Crippen LogP contribution in [0, 0.1) is 5.92 Å². The van der Waals surface area contributed by atoms with Crippen LogP contribution in [0.2, 0.25) is 0 Å². The molecule has 2 atom stereocenters. The van der Waals surface area contributed by atoms with Gasteiger partial charge in [-0.1, -0.05) is 22.0 Å². The van der Waals surface area contributed by atoms with E-state index in [0.29, 0.717) is 13.0 Å². The highest BCUT2D eigenvalue weighted by Crippen LogP contribution is 2.34. The molecule has 1 aliphatic rings. The largest absolute Gasteiger partial charge is 0.508 e. The lowest BCUT2D eigenvalue weighted by Gasteiger charge is -2.12. The van der Waals surface area contributed by atoms with Crippen molar-refractivity contribution in [1.29, 1.82) is 0 Å². The van der Waals surface area contributed by atoms with Gasteiger partial charge < -0.3 is 15.5 Å². The topological polar surface area (TPSA) is 69.6 Å². The summed E-state index contributed by atoms with van der Waals surface area (Å²) in [6.45, 7) is 0.454. The first-order valence-corrected chi connectivity index (χ1v) is 5.82. The summed E-state index contributed by atoms with van der Waals surface area (Å²) in [7, 11) is 0. The van der Waals surface area contributed by atoms with E-state index in [9.17, 15) is 9.90 Å². The lowest BCUT2D eigenvalue weighted by molar-refractivity contribution is -0.141. The van der Waals surface area contributed by atoms with Crippen molar-refractivity contribution in [1.82, 2.24) is 5.32 Å². The second-order valence-corrected chi connectivity index (χ2v) is 4.85. The van der Waals surface area contributed by atoms with Gasteiger partial charge in [0.25, 0.3) is 0 Å². The molecule has 16 heavy (non-hydrogen) atoms. The Bertz CT molecular complexity index is 422. The minimum atomic E-state index is -0.786. The summed E-state index contributed by atoms with van der Waals surface area (Å²) in [6, 6.07) is 5.19. The van der Waals surface area contributed by atoms with Gasteiger partial charge in [-0.15, -0.1) is 0 Å². The summed E-state index contributed by atoms with van der Waals surface area (Å²) in [5.74, 6) is -0.961. The van der Waals surface area contributed by atoms with Crippen molar-refractivity contribution in [3.63, 3.8) is 0 Å². The van der Waals surface area contributed by atoms with Crippen LogP contribution in [0.4, 0.5) is 0 Å². The molecule has 1 heterocycles. The van der Waals surface area contributed by atoms with E-state index in [1.807, 2.05) is 6.07 Å². The van der Waals surface area contributed by atoms with E-state index < -0.39 is 5.97 Å². The molecule has 2 rings (SSSR count). The number of hydrogen-bond acceptors (Lipinski definition) is 3. The van der Waals surface area contributed by atoms with Crippen molar-refractivity contribution in [2.24, 2.45) is 5.92 Å². The SMILES string of the molecule is O=C(O)C1CNC(c2ccc(Br)cc2O)C1. The molecule has 0 amide bonds. The van der Waals surface area contributed by atoms with Crippen LogP contribution in [0.25, 0.3) is 0 Å². The number of phenolic OH excluding ortho intramolecular Hbond substituents is 1. The standard InChI is InChI=1S/C11H12BrNO3/c12-7-1-2-8(10(14)4-7)9-3-6(5-13-9)11(15)16/h1-2,4,6,9,13-14H,3,5H2,(H,15,16). The highest BCUT2D eigenvalue weighted by atomic mass is 79.9. The van der Waals surface area contributed by atoms with Gasteiger partial charge in [-0.05, 0) is 18.6 Å². The lowest BCUT2D eigenvalue weighted by atomic mass is 9.99. The van der Waals surface area contributed by atoms with Crippen LogP contribution >= 0.6 is 15.9 Å². The summed E-state index contributed by atoms with van der Waals surface area (Å²) in [6.07, 6.45) is 0.518. The number of benzene rings is 1. The Morgan fingerprint density at radius 3 is 2.81 bits per heavy atom. The number of rotatable bonds is 2. The molecule has 2 unspecified atom stereocenters. The second kappa shape index (κ2) is 4.43. The maximum Gasteiger partial charge on any atom is 0.307 e. The number of phenols is 1. The molecule has 0 radical (unpaired) electrons. The molecule has 0 aromatic heterocycles. The normalized spacial score (nSPS) is 24.6. The van der Waals surface area contributed by atoms with Crippen LogP contribution in [-0.2, 0) is 4.79 Å². The Hall–Kier alpha value is -1.07. The van der Waals surface area contributed by atoms with Crippen molar-refractivity contribution in [2.45, 2.75) is 12.5 Å². The Balaban J connectivity index is 2.17. The van der Waals surface area contributed by atoms with Crippen LogP contribution in [0.5, 0.6) is 5.75 Å². The van der Waals surface area contributed by atoms with Crippen molar-refractivity contribution in [3.05, 3.63) is 28.2 Å². The maximum absolute atomic E-state index is 10.8. The average molecular weight is 286 g/mol. The number of carboxylic acids is 1. The van der Waals surface area contributed by atoms with Gasteiger partial charge in [-0.25, -0.2) is 0 Å². The van der Waals surface area contributed by atoms with Gasteiger partial charge in [-0.3, -0.25) is 4.79 Å². The van der Waals surface area contributed by atoms with Gasteiger partial charge in [0.15, 0.2) is 0 Å². The molecule has 1 saturated heterocycles. The van der Waals surface area contributed by atoms with Crippen molar-refractivity contribution < 1.29 is 15.0 Å². The molecule has 3 N–H and O–H groups in total. The molecular weight excluding hydrogens is 274 g/mol. The number of nitrogens with one attached hydrogen (secondary N) is 1. The van der Waals surface area contributed by atoms with E-state index in [1.165, 1.54) is 0 Å². The van der Waals surface area contributed by atoms with Gasteiger partial charge in [-0.2, -0.15) is 0 Å². The van der Waals surface area contributed by atoms with Gasteiger partial charge in [0.1, 0.15) is 5.75 Å². The lowest BCUT2D eigenvalue weighted by Crippen LogP contribution is -2.17. The molecule has 1 fully saturated rings. The zero-order valence-electron chi connectivity index (χ0n) is 8.48. The summed E-state index contributed by atoms with van der Waals surface area (Å²) in [5.41, 5.74) is 0.756.